The van der Waals surface area contributed by atoms with Gasteiger partial charge in [0.25, 0.3) is 0 Å². The molecular formula is C24H29ClO5. The van der Waals surface area contributed by atoms with Crippen LogP contribution in [0.15, 0.2) is 23.8 Å². The van der Waals surface area contributed by atoms with Crippen LogP contribution in [0, 0.1) is 18.3 Å². The number of ketones is 2. The number of rotatable bonds is 7. The van der Waals surface area contributed by atoms with Crippen molar-refractivity contribution in [3.8, 4) is 11.5 Å². The van der Waals surface area contributed by atoms with E-state index in [1.165, 1.54) is 0 Å². The van der Waals surface area contributed by atoms with Crippen molar-refractivity contribution in [2.24, 2.45) is 11.3 Å². The molecule has 1 aliphatic rings. The summed E-state index contributed by atoms with van der Waals surface area (Å²) in [7, 11) is 0. The van der Waals surface area contributed by atoms with E-state index in [0.717, 1.165) is 6.42 Å². The summed E-state index contributed by atoms with van der Waals surface area (Å²) in [5.74, 6) is -0.397. The number of benzene rings is 1. The second-order valence-corrected chi connectivity index (χ2v) is 8.79. The molecule has 0 aromatic heterocycles. The third kappa shape index (κ3) is 4.36. The largest absolute Gasteiger partial charge is 0.507 e. The average Bonchev–Trinajstić information content (AvgIpc) is 2.71. The number of Topliss-reactive ketones (excluding diaryl/α,β-unsaturated/α-hetero) is 2. The number of carbonyl (C=O) groups excluding carboxylic acids is 3. The first-order chi connectivity index (χ1) is 14.0. The van der Waals surface area contributed by atoms with E-state index < -0.39 is 5.41 Å². The van der Waals surface area contributed by atoms with Crippen molar-refractivity contribution in [2.75, 3.05) is 0 Å². The van der Waals surface area contributed by atoms with Gasteiger partial charge in [0, 0.05) is 35.8 Å². The summed E-state index contributed by atoms with van der Waals surface area (Å²) in [4.78, 5) is 35.9. The highest BCUT2D eigenvalue weighted by Gasteiger charge is 2.42. The van der Waals surface area contributed by atoms with Crippen LogP contribution < -0.4 is 0 Å². The summed E-state index contributed by atoms with van der Waals surface area (Å²) in [6.07, 6.45) is 3.69. The molecule has 5 nitrogen and oxygen atoms in total. The molecule has 0 radical (unpaired) electrons. The molecule has 0 aliphatic heterocycles. The second-order valence-electron chi connectivity index (χ2n) is 8.41. The molecule has 2 atom stereocenters. The van der Waals surface area contributed by atoms with Crippen molar-refractivity contribution < 1.29 is 24.6 Å². The standard InChI is InChI=1S/C24H29ClO5/c1-13(20(28)12-24(5)14(2)7-9-19(27)16(24)4)6-8-18-22(29)17(10-11-26)15(3)21(25)23(18)30/h6,11,14,29-30H,4,7-10,12H2,1-3,5H3/b13-6+/t14-,24+/m1/s1. The number of aromatic hydroxyl groups is 2. The quantitative estimate of drug-likeness (QED) is 0.476. The molecule has 30 heavy (non-hydrogen) atoms. The number of hydrogen-bond acceptors (Lipinski definition) is 5. The Labute approximate surface area is 182 Å². The molecule has 0 saturated heterocycles. The van der Waals surface area contributed by atoms with Gasteiger partial charge < -0.3 is 15.0 Å². The summed E-state index contributed by atoms with van der Waals surface area (Å²) in [5, 5.41) is 21.0. The lowest BCUT2D eigenvalue weighted by atomic mass is 9.62. The molecule has 0 bridgehead atoms. The van der Waals surface area contributed by atoms with Crippen LogP contribution in [0.4, 0.5) is 0 Å². The summed E-state index contributed by atoms with van der Waals surface area (Å²) >= 11 is 6.16. The number of hydrogen-bond donors (Lipinski definition) is 2. The maximum absolute atomic E-state index is 12.9. The lowest BCUT2D eigenvalue weighted by molar-refractivity contribution is -0.121. The minimum atomic E-state index is -0.587. The first-order valence-corrected chi connectivity index (χ1v) is 10.4. The molecule has 1 aromatic rings. The lowest BCUT2D eigenvalue weighted by Gasteiger charge is -2.40. The summed E-state index contributed by atoms with van der Waals surface area (Å²) in [6, 6.07) is 0. The molecule has 1 aliphatic carbocycles. The zero-order valence-electron chi connectivity index (χ0n) is 18.0. The van der Waals surface area contributed by atoms with Gasteiger partial charge in [-0.3, -0.25) is 9.59 Å². The third-order valence-electron chi connectivity index (χ3n) is 6.63. The van der Waals surface area contributed by atoms with Gasteiger partial charge in [-0.25, -0.2) is 0 Å². The highest BCUT2D eigenvalue weighted by molar-refractivity contribution is 6.33. The Bertz CT molecular complexity index is 944. The maximum atomic E-state index is 12.9. The predicted molar refractivity (Wildman–Crippen MR) is 117 cm³/mol. The topological polar surface area (TPSA) is 91.7 Å². The minimum Gasteiger partial charge on any atom is -0.507 e. The second kappa shape index (κ2) is 9.17. The molecule has 0 heterocycles. The number of carbonyl (C=O) groups is 3. The van der Waals surface area contributed by atoms with Crippen molar-refractivity contribution in [3.05, 3.63) is 45.5 Å². The Morgan fingerprint density at radius 2 is 1.90 bits per heavy atom. The average molecular weight is 433 g/mol. The Hall–Kier alpha value is -2.40. The van der Waals surface area contributed by atoms with E-state index in [0.29, 0.717) is 35.0 Å². The van der Waals surface area contributed by atoms with Crippen LogP contribution in [-0.4, -0.2) is 28.1 Å². The van der Waals surface area contributed by atoms with Crippen LogP contribution >= 0.6 is 11.6 Å². The van der Waals surface area contributed by atoms with E-state index in [1.54, 1.807) is 19.9 Å². The summed E-state index contributed by atoms with van der Waals surface area (Å²) in [5.41, 5.74) is 1.35. The molecule has 1 fully saturated rings. The van der Waals surface area contributed by atoms with Gasteiger partial charge in [-0.15, -0.1) is 0 Å². The lowest BCUT2D eigenvalue weighted by Crippen LogP contribution is -2.37. The minimum absolute atomic E-state index is 0.0110. The van der Waals surface area contributed by atoms with Crippen LogP contribution in [-0.2, 0) is 27.2 Å². The van der Waals surface area contributed by atoms with Gasteiger partial charge in [-0.05, 0) is 49.3 Å². The van der Waals surface area contributed by atoms with Gasteiger partial charge in [0.05, 0.1) is 5.02 Å². The molecular weight excluding hydrogens is 404 g/mol. The van der Waals surface area contributed by atoms with Gasteiger partial charge in [0.1, 0.15) is 17.8 Å². The Morgan fingerprint density at radius 1 is 1.27 bits per heavy atom. The zero-order chi connectivity index (χ0) is 22.8. The molecule has 6 heteroatoms. The first-order valence-electron chi connectivity index (χ1n) is 10.0. The molecule has 2 N–H and O–H groups in total. The van der Waals surface area contributed by atoms with Crippen molar-refractivity contribution in [1.29, 1.82) is 0 Å². The van der Waals surface area contributed by atoms with Gasteiger partial charge in [0.2, 0.25) is 0 Å². The fourth-order valence-corrected chi connectivity index (χ4v) is 4.22. The van der Waals surface area contributed by atoms with E-state index >= 15 is 0 Å². The fraction of sp³-hybridized carbons (Fsp3) is 0.458. The molecule has 1 saturated carbocycles. The van der Waals surface area contributed by atoms with Crippen LogP contribution in [0.1, 0.15) is 56.7 Å². The maximum Gasteiger partial charge on any atom is 0.159 e. The van der Waals surface area contributed by atoms with Gasteiger partial charge >= 0.3 is 0 Å². The number of allylic oxidation sites excluding steroid dienone is 3. The van der Waals surface area contributed by atoms with Crippen molar-refractivity contribution in [2.45, 2.75) is 59.8 Å². The zero-order valence-corrected chi connectivity index (χ0v) is 18.7. The van der Waals surface area contributed by atoms with E-state index in [2.05, 4.69) is 6.58 Å². The Balaban J connectivity index is 2.28. The van der Waals surface area contributed by atoms with Gasteiger partial charge in [0.15, 0.2) is 11.6 Å². The first kappa shape index (κ1) is 23.9. The summed E-state index contributed by atoms with van der Waals surface area (Å²) in [6.45, 7) is 11.2. The Morgan fingerprint density at radius 3 is 2.50 bits per heavy atom. The molecule has 1 aromatic carbocycles. The van der Waals surface area contributed by atoms with Crippen LogP contribution in [0.25, 0.3) is 0 Å². The molecule has 0 spiro atoms. The molecule has 0 amide bonds. The van der Waals surface area contributed by atoms with E-state index in [4.69, 9.17) is 11.6 Å². The summed E-state index contributed by atoms with van der Waals surface area (Å²) < 4.78 is 0. The predicted octanol–water partition coefficient (Wildman–Crippen LogP) is 4.81. The van der Waals surface area contributed by atoms with Crippen molar-refractivity contribution in [1.82, 2.24) is 0 Å². The third-order valence-corrected chi connectivity index (χ3v) is 7.10. The smallest absolute Gasteiger partial charge is 0.159 e. The van der Waals surface area contributed by atoms with E-state index in [9.17, 15) is 24.6 Å². The highest BCUT2D eigenvalue weighted by atomic mass is 35.5. The number of halogens is 1. The molecule has 162 valence electrons. The monoisotopic (exact) mass is 432 g/mol. The van der Waals surface area contributed by atoms with Crippen molar-refractivity contribution in [3.63, 3.8) is 0 Å². The van der Waals surface area contributed by atoms with Gasteiger partial charge in [-0.1, -0.05) is 38.1 Å². The van der Waals surface area contributed by atoms with Crippen molar-refractivity contribution >= 4 is 29.5 Å². The van der Waals surface area contributed by atoms with E-state index in [-0.39, 0.29) is 58.8 Å². The van der Waals surface area contributed by atoms with Crippen LogP contribution in [0.2, 0.25) is 5.02 Å². The number of phenols is 2. The number of phenolic OH excluding ortho intramolecular Hbond substituents is 2. The van der Waals surface area contributed by atoms with E-state index in [1.807, 2.05) is 13.8 Å². The molecule has 2 rings (SSSR count). The normalized spacial score (nSPS) is 22.3. The number of aldehydes is 1. The van der Waals surface area contributed by atoms with Gasteiger partial charge in [-0.2, -0.15) is 0 Å². The fourth-order valence-electron chi connectivity index (χ4n) is 4.00. The van der Waals surface area contributed by atoms with Crippen LogP contribution in [0.5, 0.6) is 11.5 Å². The highest BCUT2D eigenvalue weighted by Crippen LogP contribution is 2.46. The SMILES string of the molecule is C=C1C(=O)CC[C@@H](C)[C@]1(C)CC(=O)/C(C)=C/Cc1c(O)c(Cl)c(C)c(CC=O)c1O. The molecule has 0 unspecified atom stereocenters. The Kier molecular flexibility index (Phi) is 7.30. The van der Waals surface area contributed by atoms with Crippen LogP contribution in [0.3, 0.4) is 0 Å².